The van der Waals surface area contributed by atoms with Gasteiger partial charge >= 0.3 is 0 Å². The third kappa shape index (κ3) is 3.44. The number of nitrogens with zero attached hydrogens (tertiary/aromatic N) is 1. The largest absolute Gasteiger partial charge is 0.461 e. The molecule has 0 N–H and O–H groups in total. The van der Waals surface area contributed by atoms with Crippen LogP contribution < -0.4 is 0 Å². The van der Waals surface area contributed by atoms with Crippen LogP contribution in [0, 0.1) is 12.8 Å². The lowest BCUT2D eigenvalue weighted by Crippen LogP contribution is -2.12. The summed E-state index contributed by atoms with van der Waals surface area (Å²) in [6, 6.07) is 19.3. The Bertz CT molecular complexity index is 1740. The van der Waals surface area contributed by atoms with E-state index in [9.17, 15) is 0 Å². The lowest BCUT2D eigenvalue weighted by Gasteiger charge is -2.22. The second-order valence-corrected chi connectivity index (χ2v) is 11.2. The van der Waals surface area contributed by atoms with Gasteiger partial charge in [0.25, 0.3) is 0 Å². The van der Waals surface area contributed by atoms with Crippen molar-refractivity contribution in [2.45, 2.75) is 53.4 Å². The predicted molar refractivity (Wildman–Crippen MR) is 146 cm³/mol. The summed E-state index contributed by atoms with van der Waals surface area (Å²) in [6.45, 7) is 13.4. The molecule has 176 valence electrons. The fourth-order valence-corrected chi connectivity index (χ4v) is 5.42. The van der Waals surface area contributed by atoms with Gasteiger partial charge < -0.3 is 8.83 Å². The Morgan fingerprint density at radius 1 is 0.857 bits per heavy atom. The molecule has 0 radical (unpaired) electrons. The molecule has 0 aliphatic carbocycles. The number of hydrogen-bond donors (Lipinski definition) is 0. The van der Waals surface area contributed by atoms with E-state index >= 15 is 0 Å². The molecule has 3 aromatic heterocycles. The zero-order valence-electron chi connectivity index (χ0n) is 21.3. The van der Waals surface area contributed by atoms with Gasteiger partial charge in [0.2, 0.25) is 0 Å². The van der Waals surface area contributed by atoms with Crippen molar-refractivity contribution in [2.24, 2.45) is 5.92 Å². The maximum Gasteiger partial charge on any atom is 0.161 e. The zero-order valence-corrected chi connectivity index (χ0v) is 21.3. The van der Waals surface area contributed by atoms with Crippen LogP contribution in [0.1, 0.15) is 51.5 Å². The summed E-state index contributed by atoms with van der Waals surface area (Å²) in [4.78, 5) is 4.83. The lowest BCUT2D eigenvalue weighted by atomic mass is 9.82. The Kier molecular flexibility index (Phi) is 4.83. The van der Waals surface area contributed by atoms with Crippen LogP contribution in [-0.2, 0) is 11.8 Å². The Morgan fingerprint density at radius 3 is 2.34 bits per heavy atom. The van der Waals surface area contributed by atoms with Gasteiger partial charge in [0.1, 0.15) is 22.6 Å². The van der Waals surface area contributed by atoms with Gasteiger partial charge in [0.15, 0.2) is 5.58 Å². The highest BCUT2D eigenvalue weighted by molar-refractivity contribution is 6.20. The zero-order chi connectivity index (χ0) is 24.5. The summed E-state index contributed by atoms with van der Waals surface area (Å²) in [7, 11) is 0. The Hall–Kier alpha value is -3.59. The quantitative estimate of drug-likeness (QED) is 0.263. The molecule has 0 aliphatic heterocycles. The van der Waals surface area contributed by atoms with Crippen molar-refractivity contribution < 1.29 is 8.83 Å². The Balaban J connectivity index is 1.66. The standard InChI is InChI=1S/C32H31NO2/c1-18(2)15-27-19(3)28-25(34-27)11-12-26-29(28)23-13-14-33-30(31(23)35-26)21-16-20-9-7-8-10-22(20)24(17-21)32(4,5)6/h7-14,16-18H,15H2,1-6H3. The average molecular weight is 462 g/mol. The van der Waals surface area contributed by atoms with E-state index in [4.69, 9.17) is 13.8 Å². The van der Waals surface area contributed by atoms with Crippen LogP contribution in [0.2, 0.25) is 0 Å². The molecule has 3 aromatic carbocycles. The Labute approximate surface area is 205 Å². The molecule has 6 rings (SSSR count). The van der Waals surface area contributed by atoms with Crippen LogP contribution in [-0.4, -0.2) is 4.98 Å². The van der Waals surface area contributed by atoms with Gasteiger partial charge in [-0.2, -0.15) is 0 Å². The highest BCUT2D eigenvalue weighted by Crippen LogP contribution is 2.42. The summed E-state index contributed by atoms with van der Waals surface area (Å²) in [6.07, 6.45) is 2.83. The number of hydrogen-bond acceptors (Lipinski definition) is 3. The first kappa shape index (κ1) is 21.9. The highest BCUT2D eigenvalue weighted by atomic mass is 16.3. The van der Waals surface area contributed by atoms with Crippen LogP contribution in [0.4, 0.5) is 0 Å². The number of aromatic nitrogens is 1. The van der Waals surface area contributed by atoms with Crippen molar-refractivity contribution in [3.63, 3.8) is 0 Å². The van der Waals surface area contributed by atoms with Crippen molar-refractivity contribution in [1.82, 2.24) is 4.98 Å². The molecule has 0 amide bonds. The molecule has 0 spiro atoms. The molecule has 0 unspecified atom stereocenters. The van der Waals surface area contributed by atoms with Gasteiger partial charge in [-0.15, -0.1) is 0 Å². The van der Waals surface area contributed by atoms with E-state index in [1.54, 1.807) is 0 Å². The summed E-state index contributed by atoms with van der Waals surface area (Å²) in [5.41, 5.74) is 7.12. The van der Waals surface area contributed by atoms with E-state index in [2.05, 4.69) is 84.0 Å². The van der Waals surface area contributed by atoms with E-state index in [0.29, 0.717) is 5.92 Å². The third-order valence-electron chi connectivity index (χ3n) is 7.08. The van der Waals surface area contributed by atoms with Crippen molar-refractivity contribution in [1.29, 1.82) is 0 Å². The van der Waals surface area contributed by atoms with Gasteiger partial charge in [-0.3, -0.25) is 4.98 Å². The summed E-state index contributed by atoms with van der Waals surface area (Å²) < 4.78 is 12.8. The molecule has 3 nitrogen and oxygen atoms in total. The lowest BCUT2D eigenvalue weighted by molar-refractivity contribution is 0.496. The molecule has 0 saturated heterocycles. The number of fused-ring (bicyclic) bond motifs is 6. The van der Waals surface area contributed by atoms with Crippen molar-refractivity contribution in [3.8, 4) is 11.3 Å². The minimum atomic E-state index is 0.00424. The molecular formula is C32H31NO2. The number of rotatable bonds is 3. The van der Waals surface area contributed by atoms with E-state index in [1.807, 2.05) is 18.3 Å². The normalized spacial score (nSPS) is 12.7. The minimum Gasteiger partial charge on any atom is -0.461 e. The molecule has 3 heterocycles. The van der Waals surface area contributed by atoms with Gasteiger partial charge in [-0.1, -0.05) is 58.9 Å². The Morgan fingerprint density at radius 2 is 1.60 bits per heavy atom. The first-order chi connectivity index (χ1) is 16.7. The van der Waals surface area contributed by atoms with Crippen LogP contribution in [0.25, 0.3) is 54.9 Å². The average Bonchev–Trinajstić information content (AvgIpc) is 3.34. The van der Waals surface area contributed by atoms with E-state index in [1.165, 1.54) is 21.9 Å². The SMILES string of the molecule is Cc1c(CC(C)C)oc2ccc3oc4c(-c5cc(C(C)(C)C)c6ccccc6c5)nccc4c3c12. The summed E-state index contributed by atoms with van der Waals surface area (Å²) in [5.74, 6) is 1.60. The molecule has 0 bridgehead atoms. The minimum absolute atomic E-state index is 0.00424. The fraction of sp³-hybridized carbons (Fsp3) is 0.281. The first-order valence-electron chi connectivity index (χ1n) is 12.5. The molecule has 6 aromatic rings. The summed E-state index contributed by atoms with van der Waals surface area (Å²) >= 11 is 0. The van der Waals surface area contributed by atoms with Gasteiger partial charge in [-0.25, -0.2) is 0 Å². The molecule has 3 heteroatoms. The number of aryl methyl sites for hydroxylation is 1. The van der Waals surface area contributed by atoms with E-state index in [-0.39, 0.29) is 5.41 Å². The number of furan rings is 2. The molecule has 0 fully saturated rings. The van der Waals surface area contributed by atoms with Gasteiger partial charge in [-0.05, 0) is 70.5 Å². The molecule has 35 heavy (non-hydrogen) atoms. The van der Waals surface area contributed by atoms with E-state index in [0.717, 1.165) is 56.3 Å². The van der Waals surface area contributed by atoms with Crippen LogP contribution in [0.3, 0.4) is 0 Å². The number of benzene rings is 3. The molecule has 0 atom stereocenters. The van der Waals surface area contributed by atoms with Crippen LogP contribution in [0.5, 0.6) is 0 Å². The van der Waals surface area contributed by atoms with Crippen molar-refractivity contribution >= 4 is 43.7 Å². The topological polar surface area (TPSA) is 39.2 Å². The summed E-state index contributed by atoms with van der Waals surface area (Å²) in [5, 5.41) is 5.86. The monoisotopic (exact) mass is 461 g/mol. The second-order valence-electron chi connectivity index (χ2n) is 11.2. The van der Waals surface area contributed by atoms with Crippen molar-refractivity contribution in [2.75, 3.05) is 0 Å². The van der Waals surface area contributed by atoms with E-state index < -0.39 is 0 Å². The maximum atomic E-state index is 6.52. The molecule has 0 saturated carbocycles. The highest BCUT2D eigenvalue weighted by Gasteiger charge is 2.23. The number of pyridine rings is 1. The molecule has 0 aliphatic rings. The van der Waals surface area contributed by atoms with Gasteiger partial charge in [0, 0.05) is 34.3 Å². The third-order valence-corrected chi connectivity index (χ3v) is 7.08. The fourth-order valence-electron chi connectivity index (χ4n) is 5.42. The van der Waals surface area contributed by atoms with Crippen molar-refractivity contribution in [3.05, 3.63) is 77.7 Å². The predicted octanol–water partition coefficient (Wildman–Crippen LogP) is 9.35. The van der Waals surface area contributed by atoms with Gasteiger partial charge in [0.05, 0.1) is 0 Å². The van der Waals surface area contributed by atoms with Crippen LogP contribution >= 0.6 is 0 Å². The maximum absolute atomic E-state index is 6.52. The smallest absolute Gasteiger partial charge is 0.161 e. The first-order valence-corrected chi connectivity index (χ1v) is 12.5. The second kappa shape index (κ2) is 7.71. The molecular weight excluding hydrogens is 430 g/mol. The van der Waals surface area contributed by atoms with Crippen LogP contribution in [0.15, 0.2) is 69.6 Å².